The minimum absolute atomic E-state index is 0.107. The first kappa shape index (κ1) is 30.1. The van der Waals surface area contributed by atoms with Gasteiger partial charge in [-0.25, -0.2) is 22.9 Å². The van der Waals surface area contributed by atoms with E-state index in [1.165, 1.54) is 42.2 Å². The molecule has 0 bridgehead atoms. The zero-order valence-electron chi connectivity index (χ0n) is 24.0. The van der Waals surface area contributed by atoms with E-state index in [-0.39, 0.29) is 37.1 Å². The molecule has 0 spiro atoms. The SMILES string of the molecule is CCN(C(=O)Oc1ccc(F)cc1)[C@@H]1CN(C(=O)C2CCN(c3ccccn3)CC2C(C)=O)C[C@H]1c1ccc(F)c(F)c1. The molecule has 2 saturated heterocycles. The van der Waals surface area contributed by atoms with Gasteiger partial charge in [0.25, 0.3) is 0 Å². The van der Waals surface area contributed by atoms with Crippen LogP contribution < -0.4 is 9.64 Å². The molecule has 0 aliphatic carbocycles. The minimum Gasteiger partial charge on any atom is -0.410 e. The number of aromatic nitrogens is 1. The van der Waals surface area contributed by atoms with E-state index in [9.17, 15) is 27.6 Å². The molecule has 1 aromatic heterocycles. The molecule has 5 rings (SSSR count). The third-order valence-electron chi connectivity index (χ3n) is 8.39. The van der Waals surface area contributed by atoms with Gasteiger partial charge in [0, 0.05) is 50.8 Å². The van der Waals surface area contributed by atoms with E-state index in [2.05, 4.69) is 4.98 Å². The van der Waals surface area contributed by atoms with Crippen LogP contribution in [-0.4, -0.2) is 71.3 Å². The molecule has 2 fully saturated rings. The Morgan fingerprint density at radius 2 is 1.72 bits per heavy atom. The van der Waals surface area contributed by atoms with Crippen LogP contribution in [0.25, 0.3) is 0 Å². The van der Waals surface area contributed by atoms with Gasteiger partial charge in [-0.1, -0.05) is 12.1 Å². The van der Waals surface area contributed by atoms with Crippen molar-refractivity contribution in [1.82, 2.24) is 14.8 Å². The summed E-state index contributed by atoms with van der Waals surface area (Å²) < 4.78 is 47.1. The van der Waals surface area contributed by atoms with Gasteiger partial charge in [-0.3, -0.25) is 9.59 Å². The van der Waals surface area contributed by atoms with Crippen LogP contribution in [0.1, 0.15) is 31.7 Å². The second kappa shape index (κ2) is 12.8. The van der Waals surface area contributed by atoms with Crippen LogP contribution in [0.2, 0.25) is 0 Å². The number of piperidine rings is 1. The molecule has 8 nitrogen and oxygen atoms in total. The van der Waals surface area contributed by atoms with E-state index in [1.807, 2.05) is 23.1 Å². The highest BCUT2D eigenvalue weighted by Crippen LogP contribution is 2.36. The third kappa shape index (κ3) is 6.50. The molecule has 3 aromatic rings. The topological polar surface area (TPSA) is 83.1 Å². The Morgan fingerprint density at radius 3 is 2.37 bits per heavy atom. The van der Waals surface area contributed by atoms with Crippen molar-refractivity contribution in [3.05, 3.63) is 89.9 Å². The highest BCUT2D eigenvalue weighted by molar-refractivity contribution is 5.89. The number of hydrogen-bond acceptors (Lipinski definition) is 6. The van der Waals surface area contributed by atoms with Crippen molar-refractivity contribution in [3.63, 3.8) is 0 Å². The van der Waals surface area contributed by atoms with E-state index >= 15 is 0 Å². The number of Topliss-reactive ketones (excluding diaryl/α,β-unsaturated/α-hetero) is 1. The van der Waals surface area contributed by atoms with Crippen molar-refractivity contribution in [3.8, 4) is 5.75 Å². The van der Waals surface area contributed by atoms with Crippen molar-refractivity contribution < 1.29 is 32.3 Å². The predicted molar refractivity (Wildman–Crippen MR) is 153 cm³/mol. The van der Waals surface area contributed by atoms with Gasteiger partial charge in [0.2, 0.25) is 5.91 Å². The molecule has 0 N–H and O–H groups in total. The van der Waals surface area contributed by atoms with Crippen LogP contribution in [0.5, 0.6) is 5.75 Å². The first-order valence-electron chi connectivity index (χ1n) is 14.3. The van der Waals surface area contributed by atoms with Crippen molar-refractivity contribution in [2.24, 2.45) is 11.8 Å². The number of hydrogen-bond donors (Lipinski definition) is 0. The first-order valence-corrected chi connectivity index (χ1v) is 14.3. The summed E-state index contributed by atoms with van der Waals surface area (Å²) in [7, 11) is 0. The normalized spacial score (nSPS) is 21.9. The number of benzene rings is 2. The summed E-state index contributed by atoms with van der Waals surface area (Å²) in [4.78, 5) is 49.6. The Kier molecular flexibility index (Phi) is 8.98. The van der Waals surface area contributed by atoms with Gasteiger partial charge < -0.3 is 19.4 Å². The van der Waals surface area contributed by atoms with Gasteiger partial charge >= 0.3 is 6.09 Å². The van der Waals surface area contributed by atoms with Crippen LogP contribution in [0, 0.1) is 29.3 Å². The predicted octanol–water partition coefficient (Wildman–Crippen LogP) is 5.05. The second-order valence-electron chi connectivity index (χ2n) is 10.9. The van der Waals surface area contributed by atoms with Crippen LogP contribution in [-0.2, 0) is 9.59 Å². The van der Waals surface area contributed by atoms with Gasteiger partial charge in [0.1, 0.15) is 23.2 Å². The summed E-state index contributed by atoms with van der Waals surface area (Å²) in [5.41, 5.74) is 0.431. The number of ketones is 1. The zero-order chi connectivity index (χ0) is 30.7. The van der Waals surface area contributed by atoms with E-state index in [0.717, 1.165) is 18.0 Å². The quantitative estimate of drug-likeness (QED) is 0.381. The maximum Gasteiger partial charge on any atom is 0.415 e. The highest BCUT2D eigenvalue weighted by atomic mass is 19.2. The number of ether oxygens (including phenoxy) is 1. The largest absolute Gasteiger partial charge is 0.415 e. The van der Waals surface area contributed by atoms with Crippen molar-refractivity contribution >= 4 is 23.6 Å². The molecule has 3 heterocycles. The number of anilines is 1. The second-order valence-corrected chi connectivity index (χ2v) is 10.9. The summed E-state index contributed by atoms with van der Waals surface area (Å²) in [6.07, 6.45) is 1.39. The standard InChI is InChI=1S/C32H33F3N4O4/c1-3-39(32(42)43-23-10-8-22(33)9-11-23)29-19-38(18-26(29)21-7-12-27(34)28(35)16-21)31(41)24-13-15-37(17-25(24)20(2)40)30-6-4-5-14-36-30/h4-12,14,16,24-26,29H,3,13,15,17-19H2,1-2H3/t24?,25?,26-,29+/m0/s1. The lowest BCUT2D eigenvalue weighted by molar-refractivity contribution is -0.140. The molecule has 226 valence electrons. The van der Waals surface area contributed by atoms with Gasteiger partial charge in [-0.15, -0.1) is 0 Å². The number of nitrogens with zero attached hydrogens (tertiary/aromatic N) is 4. The van der Waals surface area contributed by atoms with Crippen LogP contribution in [0.4, 0.5) is 23.8 Å². The third-order valence-corrected chi connectivity index (χ3v) is 8.39. The van der Waals surface area contributed by atoms with Gasteiger partial charge in [-0.05, 0) is 74.4 Å². The van der Waals surface area contributed by atoms with Crippen LogP contribution in [0.3, 0.4) is 0 Å². The molecular weight excluding hydrogens is 561 g/mol. The fourth-order valence-electron chi connectivity index (χ4n) is 6.16. The number of carbonyl (C=O) groups is 3. The van der Waals surface area contributed by atoms with E-state index < -0.39 is 47.3 Å². The minimum atomic E-state index is -1.03. The molecule has 43 heavy (non-hydrogen) atoms. The Bertz CT molecular complexity index is 1470. The van der Waals surface area contributed by atoms with Gasteiger partial charge in [-0.2, -0.15) is 0 Å². The molecule has 2 aromatic carbocycles. The van der Waals surface area contributed by atoms with E-state index in [1.54, 1.807) is 18.0 Å². The van der Waals surface area contributed by atoms with E-state index in [0.29, 0.717) is 25.1 Å². The number of likely N-dealkylation sites (tertiary alicyclic amines) is 1. The summed E-state index contributed by atoms with van der Waals surface area (Å²) >= 11 is 0. The average molecular weight is 595 g/mol. The number of pyridine rings is 1. The Morgan fingerprint density at radius 1 is 0.953 bits per heavy atom. The maximum absolute atomic E-state index is 14.3. The summed E-state index contributed by atoms with van der Waals surface area (Å²) in [6, 6.07) is 13.5. The van der Waals surface area contributed by atoms with Crippen molar-refractivity contribution in [2.75, 3.05) is 37.6 Å². The Hall–Kier alpha value is -4.41. The number of carbonyl (C=O) groups excluding carboxylic acids is 3. The fourth-order valence-corrected chi connectivity index (χ4v) is 6.16. The molecule has 2 amide bonds. The number of rotatable bonds is 7. The van der Waals surface area contributed by atoms with Crippen LogP contribution in [0.15, 0.2) is 66.9 Å². The van der Waals surface area contributed by atoms with Crippen molar-refractivity contribution in [2.45, 2.75) is 32.2 Å². The lowest BCUT2D eigenvalue weighted by atomic mass is 9.82. The Balaban J connectivity index is 1.40. The average Bonchev–Trinajstić information content (AvgIpc) is 3.45. The summed E-state index contributed by atoms with van der Waals surface area (Å²) in [5.74, 6) is -3.66. The molecule has 4 atom stereocenters. The van der Waals surface area contributed by atoms with Gasteiger partial charge in [0.15, 0.2) is 11.6 Å². The lowest BCUT2D eigenvalue weighted by Gasteiger charge is -2.38. The van der Waals surface area contributed by atoms with Crippen molar-refractivity contribution in [1.29, 1.82) is 0 Å². The first-order chi connectivity index (χ1) is 20.7. The fraction of sp³-hybridized carbons (Fsp3) is 0.375. The molecule has 0 radical (unpaired) electrons. The lowest BCUT2D eigenvalue weighted by Crippen LogP contribution is -2.50. The zero-order valence-corrected chi connectivity index (χ0v) is 24.0. The molecule has 11 heteroatoms. The molecular formula is C32H33F3N4O4. The Labute approximate surface area is 248 Å². The number of likely N-dealkylation sites (N-methyl/N-ethyl adjacent to an activating group) is 1. The van der Waals surface area contributed by atoms with E-state index in [4.69, 9.17) is 4.74 Å². The van der Waals surface area contributed by atoms with Gasteiger partial charge in [0.05, 0.1) is 12.0 Å². The van der Waals surface area contributed by atoms with Crippen LogP contribution >= 0.6 is 0 Å². The smallest absolute Gasteiger partial charge is 0.410 e. The summed E-state index contributed by atoms with van der Waals surface area (Å²) in [6.45, 7) is 4.56. The molecule has 2 aliphatic rings. The number of amides is 2. The summed E-state index contributed by atoms with van der Waals surface area (Å²) in [5, 5.41) is 0. The number of halogens is 3. The highest BCUT2D eigenvalue weighted by Gasteiger charge is 2.46. The molecule has 2 unspecified atom stereocenters. The molecule has 0 saturated carbocycles. The molecule has 2 aliphatic heterocycles. The maximum atomic E-state index is 14.3. The monoisotopic (exact) mass is 594 g/mol.